The summed E-state index contributed by atoms with van der Waals surface area (Å²) in [4.78, 5) is 38.9. The molecule has 1 fully saturated rings. The van der Waals surface area contributed by atoms with E-state index in [-0.39, 0.29) is 17.0 Å². The van der Waals surface area contributed by atoms with Gasteiger partial charge < -0.3 is 19.7 Å². The number of methoxy groups -OCH3 is 2. The van der Waals surface area contributed by atoms with Crippen molar-refractivity contribution in [3.05, 3.63) is 51.9 Å². The van der Waals surface area contributed by atoms with Crippen LogP contribution in [0.1, 0.15) is 6.42 Å². The van der Waals surface area contributed by atoms with E-state index in [2.05, 4.69) is 26.8 Å². The second-order valence-electron chi connectivity index (χ2n) is 9.01. The van der Waals surface area contributed by atoms with Crippen LogP contribution in [0.4, 0.5) is 5.95 Å². The number of ether oxygens (including phenoxy) is 2. The molecule has 4 rings (SSSR count). The first-order valence-corrected chi connectivity index (χ1v) is 12.8. The molecule has 1 aliphatic rings. The zero-order chi connectivity index (χ0) is 28.1. The highest BCUT2D eigenvalue weighted by molar-refractivity contribution is 6.35. The number of carbonyl (C=O) groups excluding carboxylic acids is 1. The molecule has 1 amide bonds. The molecule has 3 heterocycles. The van der Waals surface area contributed by atoms with Crippen molar-refractivity contribution in [1.82, 2.24) is 24.3 Å². The first kappa shape index (κ1) is 27.9. The van der Waals surface area contributed by atoms with Gasteiger partial charge in [0, 0.05) is 68.5 Å². The van der Waals surface area contributed by atoms with Crippen molar-refractivity contribution in [2.45, 2.75) is 13.0 Å². The second kappa shape index (κ2) is 12.1. The lowest BCUT2D eigenvalue weighted by Gasteiger charge is -2.34. The molecule has 1 saturated heterocycles. The summed E-state index contributed by atoms with van der Waals surface area (Å²) in [6.45, 7) is 7.03. The van der Waals surface area contributed by atoms with Gasteiger partial charge in [-0.15, -0.1) is 0 Å². The minimum Gasteiger partial charge on any atom is -0.497 e. The molecule has 0 radical (unpaired) electrons. The van der Waals surface area contributed by atoms with Crippen LogP contribution in [0.3, 0.4) is 0 Å². The van der Waals surface area contributed by atoms with Gasteiger partial charge in [0.25, 0.3) is 11.5 Å². The number of piperazine rings is 1. The summed E-state index contributed by atoms with van der Waals surface area (Å²) in [5, 5.41) is 12.9. The van der Waals surface area contributed by atoms with Crippen LogP contribution >= 0.6 is 11.6 Å². The van der Waals surface area contributed by atoms with E-state index in [1.165, 1.54) is 14.2 Å². The Bertz CT molecular complexity index is 1510. The first-order valence-electron chi connectivity index (χ1n) is 12.4. The number of rotatable bonds is 9. The molecule has 0 atom stereocenters. The van der Waals surface area contributed by atoms with Gasteiger partial charge in [0.1, 0.15) is 28.8 Å². The Morgan fingerprint density at radius 2 is 1.90 bits per heavy atom. The van der Waals surface area contributed by atoms with Crippen LogP contribution in [-0.2, 0) is 11.3 Å². The van der Waals surface area contributed by atoms with E-state index in [9.17, 15) is 9.59 Å². The largest absolute Gasteiger partial charge is 0.497 e. The molecule has 3 aromatic rings. The maximum Gasteiger partial charge on any atom is 0.263 e. The first-order chi connectivity index (χ1) is 18.8. The number of nitrogens with one attached hydrogen (secondary N) is 1. The van der Waals surface area contributed by atoms with Gasteiger partial charge in [-0.2, -0.15) is 10.2 Å². The number of fused-ring (bicyclic) bond motifs is 1. The van der Waals surface area contributed by atoms with Gasteiger partial charge >= 0.3 is 0 Å². The van der Waals surface area contributed by atoms with Gasteiger partial charge in [0.05, 0.1) is 19.2 Å². The lowest BCUT2D eigenvalue weighted by Crippen LogP contribution is -2.49. The van der Waals surface area contributed by atoms with Crippen molar-refractivity contribution in [1.29, 1.82) is 5.26 Å². The molecule has 12 heteroatoms. The molecule has 2 aromatic heterocycles. The number of aryl methyl sites for hydroxylation is 1. The van der Waals surface area contributed by atoms with Crippen LogP contribution in [0.2, 0.25) is 5.02 Å². The number of hydrogen-bond acceptors (Lipinski definition) is 9. The molecule has 39 heavy (non-hydrogen) atoms. The zero-order valence-electron chi connectivity index (χ0n) is 22.2. The highest BCUT2D eigenvalue weighted by Crippen LogP contribution is 2.38. The highest BCUT2D eigenvalue weighted by Gasteiger charge is 2.23. The minimum absolute atomic E-state index is 0.0497. The van der Waals surface area contributed by atoms with Crippen molar-refractivity contribution in [3.8, 4) is 28.7 Å². The molecule has 1 N–H and O–H groups in total. The summed E-state index contributed by atoms with van der Waals surface area (Å²) in [6.07, 6.45) is 2.34. The third-order valence-electron chi connectivity index (χ3n) is 6.72. The Labute approximate surface area is 231 Å². The van der Waals surface area contributed by atoms with Crippen LogP contribution < -0.4 is 20.3 Å². The number of benzene rings is 1. The van der Waals surface area contributed by atoms with Gasteiger partial charge in [0.2, 0.25) is 5.95 Å². The standard InChI is InChI=1S/C27H30ClN7O4/c1-17(15-29)25(36)34-10-8-33(9-11-34)6-5-7-35-24-18(16-31-27(30-2)32-24)12-21(26(35)37)20-13-19(38-3)14-22(39-4)23(20)28/h12-14,16H,1,5-11H2,2-4H3,(H,30,31,32). The number of nitrogens with zero attached hydrogens (tertiary/aromatic N) is 6. The average molecular weight is 552 g/mol. The Kier molecular flexibility index (Phi) is 8.69. The summed E-state index contributed by atoms with van der Waals surface area (Å²) in [5.41, 5.74) is 1.10. The van der Waals surface area contributed by atoms with Gasteiger partial charge in [-0.05, 0) is 25.1 Å². The van der Waals surface area contributed by atoms with Crippen molar-refractivity contribution in [2.24, 2.45) is 0 Å². The van der Waals surface area contributed by atoms with Gasteiger partial charge in [-0.25, -0.2) is 4.98 Å². The summed E-state index contributed by atoms with van der Waals surface area (Å²) < 4.78 is 12.5. The monoisotopic (exact) mass is 551 g/mol. The lowest BCUT2D eigenvalue weighted by atomic mass is 10.0. The van der Waals surface area contributed by atoms with Gasteiger partial charge in [-0.3, -0.25) is 19.1 Å². The summed E-state index contributed by atoms with van der Waals surface area (Å²) in [5.74, 6) is 0.994. The highest BCUT2D eigenvalue weighted by atomic mass is 35.5. The van der Waals surface area contributed by atoms with Crippen molar-refractivity contribution in [3.63, 3.8) is 0 Å². The quantitative estimate of drug-likeness (QED) is 0.315. The fraction of sp³-hybridized carbons (Fsp3) is 0.370. The van der Waals surface area contributed by atoms with E-state index in [0.29, 0.717) is 83.8 Å². The molecular weight excluding hydrogens is 522 g/mol. The van der Waals surface area contributed by atoms with E-state index in [1.54, 1.807) is 40.9 Å². The van der Waals surface area contributed by atoms with E-state index in [0.717, 1.165) is 6.54 Å². The number of carbonyl (C=O) groups is 1. The lowest BCUT2D eigenvalue weighted by molar-refractivity contribution is -0.128. The van der Waals surface area contributed by atoms with E-state index in [1.807, 2.05) is 6.07 Å². The predicted molar refractivity (Wildman–Crippen MR) is 149 cm³/mol. The number of pyridine rings is 1. The Morgan fingerprint density at radius 3 is 2.54 bits per heavy atom. The number of anilines is 1. The zero-order valence-corrected chi connectivity index (χ0v) is 22.9. The van der Waals surface area contributed by atoms with Crippen LogP contribution in [0.5, 0.6) is 11.5 Å². The predicted octanol–water partition coefficient (Wildman–Crippen LogP) is 2.78. The molecule has 11 nitrogen and oxygen atoms in total. The Hall–Kier alpha value is -4.14. The van der Waals surface area contributed by atoms with Crippen LogP contribution in [0.25, 0.3) is 22.2 Å². The molecule has 1 aliphatic heterocycles. The fourth-order valence-electron chi connectivity index (χ4n) is 4.58. The number of amides is 1. The number of aromatic nitrogens is 3. The van der Waals surface area contributed by atoms with Crippen LogP contribution in [-0.4, -0.2) is 84.2 Å². The fourth-order valence-corrected chi connectivity index (χ4v) is 4.87. The van der Waals surface area contributed by atoms with Crippen molar-refractivity contribution in [2.75, 3.05) is 59.3 Å². The maximum absolute atomic E-state index is 13.9. The van der Waals surface area contributed by atoms with Gasteiger partial charge in [-0.1, -0.05) is 18.2 Å². The Balaban J connectivity index is 1.62. The van der Waals surface area contributed by atoms with E-state index in [4.69, 9.17) is 26.3 Å². The molecule has 0 aliphatic carbocycles. The Morgan fingerprint density at radius 1 is 1.15 bits per heavy atom. The summed E-state index contributed by atoms with van der Waals surface area (Å²) in [7, 11) is 4.76. The van der Waals surface area contributed by atoms with E-state index >= 15 is 0 Å². The van der Waals surface area contributed by atoms with Crippen LogP contribution in [0, 0.1) is 11.3 Å². The number of hydrogen-bond donors (Lipinski definition) is 1. The molecule has 0 unspecified atom stereocenters. The third-order valence-corrected chi connectivity index (χ3v) is 7.11. The summed E-state index contributed by atoms with van der Waals surface area (Å²) in [6, 6.07) is 6.93. The van der Waals surface area contributed by atoms with E-state index < -0.39 is 0 Å². The van der Waals surface area contributed by atoms with Crippen molar-refractivity contribution >= 4 is 34.5 Å². The molecule has 0 spiro atoms. The minimum atomic E-state index is -0.320. The molecule has 0 bridgehead atoms. The SMILES string of the molecule is C=C(C#N)C(=O)N1CCN(CCCn2c(=O)c(-c3cc(OC)cc(OC)c3Cl)cc3cnc(NC)nc32)CC1. The third kappa shape index (κ3) is 5.82. The maximum atomic E-state index is 13.9. The van der Waals surface area contributed by atoms with Crippen molar-refractivity contribution < 1.29 is 14.3 Å². The second-order valence-corrected chi connectivity index (χ2v) is 9.38. The smallest absolute Gasteiger partial charge is 0.263 e. The van der Waals surface area contributed by atoms with Crippen LogP contribution in [0.15, 0.2) is 41.3 Å². The van der Waals surface area contributed by atoms with Gasteiger partial charge in [0.15, 0.2) is 0 Å². The number of halogens is 1. The average Bonchev–Trinajstić information content (AvgIpc) is 2.97. The molecule has 204 valence electrons. The topological polar surface area (TPSA) is 126 Å². The normalized spacial score (nSPS) is 13.7. The molecular formula is C27H30ClN7O4. The number of nitriles is 1. The molecule has 0 saturated carbocycles. The summed E-state index contributed by atoms with van der Waals surface area (Å²) >= 11 is 6.64. The molecule has 1 aromatic carbocycles.